The Labute approximate surface area is 172 Å². The average molecular weight is 380 g/mol. The zero-order chi connectivity index (χ0) is 20.1. The highest BCUT2D eigenvalue weighted by atomic mass is 16.7. The van der Waals surface area contributed by atoms with Crippen LogP contribution in [0, 0.1) is 6.92 Å². The third kappa shape index (κ3) is 4.23. The average Bonchev–Trinajstić information content (AvgIpc) is 2.79. The molecule has 2 nitrogen and oxygen atoms in total. The van der Waals surface area contributed by atoms with E-state index < -0.39 is 0 Å². The number of hydrogen-bond acceptors (Lipinski definition) is 2. The lowest BCUT2D eigenvalue weighted by Crippen LogP contribution is -1.98. The summed E-state index contributed by atoms with van der Waals surface area (Å²) in [4.78, 5) is 0. The molecule has 4 aromatic rings. The van der Waals surface area contributed by atoms with Crippen molar-refractivity contribution in [3.8, 4) is 39.1 Å². The van der Waals surface area contributed by atoms with E-state index in [9.17, 15) is 0 Å². The van der Waals surface area contributed by atoms with E-state index in [2.05, 4.69) is 91.9 Å². The van der Waals surface area contributed by atoms with E-state index in [0.717, 1.165) is 11.3 Å². The summed E-state index contributed by atoms with van der Waals surface area (Å²) in [5.41, 5.74) is 8.58. The van der Waals surface area contributed by atoms with Gasteiger partial charge in [-0.1, -0.05) is 72.8 Å². The van der Waals surface area contributed by atoms with Gasteiger partial charge in [0.15, 0.2) is 6.79 Å². The normalized spacial score (nSPS) is 10.7. The fourth-order valence-electron chi connectivity index (χ4n) is 3.59. The van der Waals surface area contributed by atoms with Crippen molar-refractivity contribution >= 4 is 0 Å². The second kappa shape index (κ2) is 8.76. The van der Waals surface area contributed by atoms with Crippen LogP contribution in [0.2, 0.25) is 0 Å². The summed E-state index contributed by atoms with van der Waals surface area (Å²) >= 11 is 0. The lowest BCUT2D eigenvalue weighted by atomic mass is 9.88. The van der Waals surface area contributed by atoms with Crippen molar-refractivity contribution in [2.45, 2.75) is 6.92 Å². The van der Waals surface area contributed by atoms with Crippen LogP contribution < -0.4 is 4.74 Å². The SMILES string of the molecule is COCOc1ccc(-c2cc(-c3ccccc3)c(C)c(-c3ccccc3)c2)cc1. The van der Waals surface area contributed by atoms with E-state index >= 15 is 0 Å². The zero-order valence-electron chi connectivity index (χ0n) is 16.8. The van der Waals surface area contributed by atoms with Crippen LogP contribution in [-0.2, 0) is 4.74 Å². The summed E-state index contributed by atoms with van der Waals surface area (Å²) in [6.07, 6.45) is 0. The van der Waals surface area contributed by atoms with Gasteiger partial charge in [-0.2, -0.15) is 0 Å². The van der Waals surface area contributed by atoms with Crippen LogP contribution in [-0.4, -0.2) is 13.9 Å². The first-order chi connectivity index (χ1) is 14.3. The van der Waals surface area contributed by atoms with E-state index in [1.165, 1.54) is 33.4 Å². The van der Waals surface area contributed by atoms with Crippen LogP contribution in [0.25, 0.3) is 33.4 Å². The quantitative estimate of drug-likeness (QED) is 0.336. The van der Waals surface area contributed by atoms with Crippen LogP contribution >= 0.6 is 0 Å². The Kier molecular flexibility index (Phi) is 5.73. The molecule has 0 amide bonds. The Morgan fingerprint density at radius 3 is 1.59 bits per heavy atom. The largest absolute Gasteiger partial charge is 0.468 e. The summed E-state index contributed by atoms with van der Waals surface area (Å²) in [6, 6.07) is 33.9. The lowest BCUT2D eigenvalue weighted by molar-refractivity contribution is 0.0511. The minimum absolute atomic E-state index is 0.250. The molecule has 0 aliphatic heterocycles. The van der Waals surface area contributed by atoms with Crippen molar-refractivity contribution in [1.82, 2.24) is 0 Å². The molecule has 0 aromatic heterocycles. The molecular weight excluding hydrogens is 356 g/mol. The molecular formula is C27H24O2. The maximum atomic E-state index is 5.53. The Morgan fingerprint density at radius 2 is 1.10 bits per heavy atom. The fraction of sp³-hybridized carbons (Fsp3) is 0.111. The molecule has 4 rings (SSSR count). The Bertz CT molecular complexity index is 1010. The van der Waals surface area contributed by atoms with Gasteiger partial charge in [0.1, 0.15) is 5.75 Å². The van der Waals surface area contributed by atoms with E-state index in [4.69, 9.17) is 9.47 Å². The van der Waals surface area contributed by atoms with Gasteiger partial charge in [0.05, 0.1) is 0 Å². The summed E-state index contributed by atoms with van der Waals surface area (Å²) < 4.78 is 10.5. The van der Waals surface area contributed by atoms with Gasteiger partial charge in [0.25, 0.3) is 0 Å². The predicted octanol–water partition coefficient (Wildman–Crippen LogP) is 6.98. The number of benzene rings is 4. The molecule has 0 aliphatic carbocycles. The van der Waals surface area contributed by atoms with Crippen LogP contribution in [0.3, 0.4) is 0 Å². The minimum Gasteiger partial charge on any atom is -0.468 e. The number of methoxy groups -OCH3 is 1. The molecule has 4 aromatic carbocycles. The maximum Gasteiger partial charge on any atom is 0.188 e. The van der Waals surface area contributed by atoms with Gasteiger partial charge >= 0.3 is 0 Å². The second-order valence-corrected chi connectivity index (χ2v) is 7.00. The number of hydrogen-bond donors (Lipinski definition) is 0. The van der Waals surface area contributed by atoms with Gasteiger partial charge < -0.3 is 9.47 Å². The molecule has 0 radical (unpaired) electrons. The molecule has 0 heterocycles. The Morgan fingerprint density at radius 1 is 0.586 bits per heavy atom. The fourth-order valence-corrected chi connectivity index (χ4v) is 3.59. The third-order valence-electron chi connectivity index (χ3n) is 5.11. The van der Waals surface area contributed by atoms with Crippen molar-refractivity contribution in [3.63, 3.8) is 0 Å². The van der Waals surface area contributed by atoms with Gasteiger partial charge in [-0.25, -0.2) is 0 Å². The third-order valence-corrected chi connectivity index (χ3v) is 5.11. The number of ether oxygens (including phenoxy) is 2. The van der Waals surface area contributed by atoms with Gasteiger partial charge in [-0.05, 0) is 70.1 Å². The molecule has 0 unspecified atom stereocenters. The highest BCUT2D eigenvalue weighted by Crippen LogP contribution is 2.37. The molecule has 0 saturated heterocycles. The summed E-state index contributed by atoms with van der Waals surface area (Å²) in [7, 11) is 1.62. The summed E-state index contributed by atoms with van der Waals surface area (Å²) in [5.74, 6) is 0.800. The first-order valence-electron chi connectivity index (χ1n) is 9.74. The second-order valence-electron chi connectivity index (χ2n) is 7.00. The smallest absolute Gasteiger partial charge is 0.188 e. The molecule has 0 spiro atoms. The Balaban J connectivity index is 1.84. The minimum atomic E-state index is 0.250. The van der Waals surface area contributed by atoms with Crippen LogP contribution in [0.15, 0.2) is 97.1 Å². The highest BCUT2D eigenvalue weighted by Gasteiger charge is 2.12. The van der Waals surface area contributed by atoms with E-state index in [1.54, 1.807) is 7.11 Å². The van der Waals surface area contributed by atoms with Crippen molar-refractivity contribution in [2.24, 2.45) is 0 Å². The first kappa shape index (κ1) is 19.0. The Hall–Kier alpha value is -3.36. The molecule has 0 aliphatic rings. The molecule has 2 heteroatoms. The maximum absolute atomic E-state index is 5.53. The van der Waals surface area contributed by atoms with Crippen LogP contribution in [0.1, 0.15) is 5.56 Å². The summed E-state index contributed by atoms with van der Waals surface area (Å²) in [6.45, 7) is 2.45. The van der Waals surface area contributed by atoms with Crippen LogP contribution in [0.5, 0.6) is 5.75 Å². The van der Waals surface area contributed by atoms with Crippen LogP contribution in [0.4, 0.5) is 0 Å². The van der Waals surface area contributed by atoms with E-state index in [0.29, 0.717) is 0 Å². The van der Waals surface area contributed by atoms with Crippen molar-refractivity contribution in [1.29, 1.82) is 0 Å². The number of rotatable bonds is 6. The molecule has 0 fully saturated rings. The molecule has 0 bridgehead atoms. The highest BCUT2D eigenvalue weighted by molar-refractivity contribution is 5.84. The topological polar surface area (TPSA) is 18.5 Å². The van der Waals surface area contributed by atoms with E-state index in [1.807, 2.05) is 12.1 Å². The van der Waals surface area contributed by atoms with Gasteiger partial charge in [-0.15, -0.1) is 0 Å². The van der Waals surface area contributed by atoms with E-state index in [-0.39, 0.29) is 6.79 Å². The van der Waals surface area contributed by atoms with Gasteiger partial charge in [0.2, 0.25) is 0 Å². The first-order valence-corrected chi connectivity index (χ1v) is 9.74. The zero-order valence-corrected chi connectivity index (χ0v) is 16.8. The predicted molar refractivity (Wildman–Crippen MR) is 120 cm³/mol. The van der Waals surface area contributed by atoms with Crippen molar-refractivity contribution in [2.75, 3.05) is 13.9 Å². The molecule has 144 valence electrons. The van der Waals surface area contributed by atoms with Crippen molar-refractivity contribution < 1.29 is 9.47 Å². The van der Waals surface area contributed by atoms with Gasteiger partial charge in [-0.3, -0.25) is 0 Å². The molecule has 0 N–H and O–H groups in total. The van der Waals surface area contributed by atoms with Crippen molar-refractivity contribution in [3.05, 3.63) is 103 Å². The monoisotopic (exact) mass is 380 g/mol. The standard InChI is InChI=1S/C27H24O2/c1-20-26(22-9-5-3-6-10-22)17-24(18-27(20)23-11-7-4-8-12-23)21-13-15-25(16-14-21)29-19-28-2/h3-18H,19H2,1-2H3. The molecule has 0 atom stereocenters. The van der Waals surface area contributed by atoms with Gasteiger partial charge in [0, 0.05) is 7.11 Å². The summed E-state index contributed by atoms with van der Waals surface area (Å²) in [5, 5.41) is 0. The lowest BCUT2D eigenvalue weighted by Gasteiger charge is -2.16. The molecule has 29 heavy (non-hydrogen) atoms. The molecule has 0 saturated carbocycles.